The molecule has 2 amide bonds. The van der Waals surface area contributed by atoms with Crippen LogP contribution in [-0.4, -0.2) is 36.9 Å². The van der Waals surface area contributed by atoms with Crippen LogP contribution in [0.15, 0.2) is 24.3 Å². The maximum atomic E-state index is 12.3. The first-order valence-corrected chi connectivity index (χ1v) is 7.72. The van der Waals surface area contributed by atoms with Crippen molar-refractivity contribution in [2.24, 2.45) is 11.8 Å². The maximum absolute atomic E-state index is 12.3. The van der Waals surface area contributed by atoms with Gasteiger partial charge in [0, 0.05) is 25.2 Å². The molecule has 1 aliphatic rings. The number of ether oxygens (including phenoxy) is 1. The van der Waals surface area contributed by atoms with Gasteiger partial charge in [-0.25, -0.2) is 0 Å². The van der Waals surface area contributed by atoms with Gasteiger partial charge in [0.15, 0.2) is 0 Å². The molecular formula is C17H24N2O3. The van der Waals surface area contributed by atoms with Crippen LogP contribution < -0.4 is 10.1 Å². The van der Waals surface area contributed by atoms with Gasteiger partial charge in [0.05, 0.1) is 13.0 Å². The second-order valence-corrected chi connectivity index (χ2v) is 6.14. The summed E-state index contributed by atoms with van der Waals surface area (Å²) in [5.74, 6) is 1.02. The molecular weight excluding hydrogens is 280 g/mol. The van der Waals surface area contributed by atoms with Gasteiger partial charge in [0.25, 0.3) is 0 Å². The smallest absolute Gasteiger partial charge is 0.229 e. The highest BCUT2D eigenvalue weighted by Crippen LogP contribution is 2.22. The van der Waals surface area contributed by atoms with Crippen LogP contribution in [0.1, 0.15) is 26.7 Å². The summed E-state index contributed by atoms with van der Waals surface area (Å²) in [5, 5.41) is 2.87. The van der Waals surface area contributed by atoms with Gasteiger partial charge in [-0.1, -0.05) is 13.8 Å². The van der Waals surface area contributed by atoms with Crippen LogP contribution in [0, 0.1) is 11.8 Å². The Labute approximate surface area is 131 Å². The van der Waals surface area contributed by atoms with E-state index in [0.717, 1.165) is 24.4 Å². The topological polar surface area (TPSA) is 58.6 Å². The normalized spacial score (nSPS) is 17.9. The van der Waals surface area contributed by atoms with Crippen LogP contribution in [0.4, 0.5) is 5.69 Å². The Kier molecular flexibility index (Phi) is 5.41. The van der Waals surface area contributed by atoms with E-state index in [1.807, 2.05) is 0 Å². The Morgan fingerprint density at radius 3 is 2.64 bits per heavy atom. The molecule has 1 unspecified atom stereocenters. The highest BCUT2D eigenvalue weighted by molar-refractivity contribution is 5.97. The van der Waals surface area contributed by atoms with Crippen molar-refractivity contribution >= 4 is 17.5 Å². The predicted molar refractivity (Wildman–Crippen MR) is 85.8 cm³/mol. The van der Waals surface area contributed by atoms with Crippen molar-refractivity contribution in [1.29, 1.82) is 0 Å². The highest BCUT2D eigenvalue weighted by atomic mass is 16.5. The molecule has 1 saturated heterocycles. The molecule has 1 aromatic rings. The first kappa shape index (κ1) is 16.3. The van der Waals surface area contributed by atoms with Crippen molar-refractivity contribution in [3.63, 3.8) is 0 Å². The van der Waals surface area contributed by atoms with E-state index < -0.39 is 0 Å². The fraction of sp³-hybridized carbons (Fsp3) is 0.529. The van der Waals surface area contributed by atoms with E-state index in [4.69, 9.17) is 4.74 Å². The van der Waals surface area contributed by atoms with Crippen LogP contribution >= 0.6 is 0 Å². The summed E-state index contributed by atoms with van der Waals surface area (Å²) in [6, 6.07) is 7.18. The summed E-state index contributed by atoms with van der Waals surface area (Å²) in [6.45, 7) is 5.53. The molecule has 0 aromatic heterocycles. The number of rotatable bonds is 6. The lowest BCUT2D eigenvalue weighted by Gasteiger charge is -2.17. The van der Waals surface area contributed by atoms with Gasteiger partial charge < -0.3 is 15.0 Å². The van der Waals surface area contributed by atoms with Crippen molar-refractivity contribution < 1.29 is 14.3 Å². The average molecular weight is 304 g/mol. The Morgan fingerprint density at radius 1 is 1.36 bits per heavy atom. The predicted octanol–water partition coefficient (Wildman–Crippen LogP) is 2.53. The fourth-order valence-electron chi connectivity index (χ4n) is 2.50. The zero-order valence-electron chi connectivity index (χ0n) is 13.5. The Hall–Kier alpha value is -2.04. The molecule has 0 aliphatic carbocycles. The third-order valence-electron chi connectivity index (χ3n) is 3.92. The van der Waals surface area contributed by atoms with Crippen molar-refractivity contribution in [2.45, 2.75) is 26.7 Å². The lowest BCUT2D eigenvalue weighted by atomic mass is 10.1. The van der Waals surface area contributed by atoms with Gasteiger partial charge in [-0.05, 0) is 36.6 Å². The number of likely N-dealkylation sites (tertiary alicyclic amines) is 1. The minimum atomic E-state index is -0.262. The maximum Gasteiger partial charge on any atom is 0.229 e. The second-order valence-electron chi connectivity index (χ2n) is 6.14. The largest absolute Gasteiger partial charge is 0.497 e. The zero-order chi connectivity index (χ0) is 16.1. The molecule has 22 heavy (non-hydrogen) atoms. The van der Waals surface area contributed by atoms with E-state index >= 15 is 0 Å². The van der Waals surface area contributed by atoms with E-state index in [1.54, 1.807) is 36.3 Å². The van der Waals surface area contributed by atoms with E-state index in [0.29, 0.717) is 18.9 Å². The molecule has 1 heterocycles. The number of methoxy groups -OCH3 is 1. The minimum absolute atomic E-state index is 0.0792. The lowest BCUT2D eigenvalue weighted by molar-refractivity contribution is -0.128. The molecule has 0 bridgehead atoms. The number of nitrogens with zero attached hydrogens (tertiary/aromatic N) is 1. The quantitative estimate of drug-likeness (QED) is 0.878. The van der Waals surface area contributed by atoms with Crippen molar-refractivity contribution in [3.05, 3.63) is 24.3 Å². The first-order chi connectivity index (χ1) is 10.5. The minimum Gasteiger partial charge on any atom is -0.497 e. The molecule has 1 fully saturated rings. The molecule has 1 aromatic carbocycles. The number of carbonyl (C=O) groups is 2. The Morgan fingerprint density at radius 2 is 2.05 bits per heavy atom. The summed E-state index contributed by atoms with van der Waals surface area (Å²) in [7, 11) is 1.60. The van der Waals surface area contributed by atoms with Crippen molar-refractivity contribution in [3.8, 4) is 5.75 Å². The third kappa shape index (κ3) is 4.23. The van der Waals surface area contributed by atoms with E-state index in [1.165, 1.54) is 0 Å². The van der Waals surface area contributed by atoms with E-state index in [2.05, 4.69) is 19.2 Å². The molecule has 0 radical (unpaired) electrons. The highest BCUT2D eigenvalue weighted by Gasteiger charge is 2.34. The summed E-state index contributed by atoms with van der Waals surface area (Å²) in [6.07, 6.45) is 1.28. The summed E-state index contributed by atoms with van der Waals surface area (Å²) < 4.78 is 5.08. The number of benzene rings is 1. The second kappa shape index (κ2) is 7.29. The molecule has 2 rings (SSSR count). The number of amides is 2. The third-order valence-corrected chi connectivity index (χ3v) is 3.92. The van der Waals surface area contributed by atoms with Gasteiger partial charge in [0.2, 0.25) is 11.8 Å². The van der Waals surface area contributed by atoms with E-state index in [-0.39, 0.29) is 17.7 Å². The molecule has 5 nitrogen and oxygen atoms in total. The summed E-state index contributed by atoms with van der Waals surface area (Å²) >= 11 is 0. The SMILES string of the molecule is COc1ccc(NC(=O)C2CC(=O)N(CCC(C)C)C2)cc1. The average Bonchev–Trinajstić information content (AvgIpc) is 2.87. The molecule has 0 saturated carbocycles. The van der Waals surface area contributed by atoms with Gasteiger partial charge in [-0.3, -0.25) is 9.59 Å². The molecule has 0 spiro atoms. The summed E-state index contributed by atoms with van der Waals surface area (Å²) in [5.41, 5.74) is 0.721. The van der Waals surface area contributed by atoms with Gasteiger partial charge in [-0.15, -0.1) is 0 Å². The molecule has 1 aliphatic heterocycles. The Bertz CT molecular complexity index is 525. The van der Waals surface area contributed by atoms with Gasteiger partial charge in [0.1, 0.15) is 5.75 Å². The molecule has 5 heteroatoms. The van der Waals surface area contributed by atoms with Crippen molar-refractivity contribution in [1.82, 2.24) is 4.90 Å². The standard InChI is InChI=1S/C17H24N2O3/c1-12(2)8-9-19-11-13(10-16(19)20)17(21)18-14-4-6-15(22-3)7-5-14/h4-7,12-13H,8-11H2,1-3H3,(H,18,21). The molecule has 1 atom stereocenters. The monoisotopic (exact) mass is 304 g/mol. The van der Waals surface area contributed by atoms with Gasteiger partial charge >= 0.3 is 0 Å². The lowest BCUT2D eigenvalue weighted by Crippen LogP contribution is -2.29. The first-order valence-electron chi connectivity index (χ1n) is 7.72. The van der Waals surface area contributed by atoms with Crippen LogP contribution in [0.3, 0.4) is 0 Å². The Balaban J connectivity index is 1.88. The van der Waals surface area contributed by atoms with E-state index in [9.17, 15) is 9.59 Å². The molecule has 120 valence electrons. The zero-order valence-corrected chi connectivity index (χ0v) is 13.5. The van der Waals surface area contributed by atoms with Crippen LogP contribution in [0.5, 0.6) is 5.75 Å². The number of hydrogen-bond donors (Lipinski definition) is 1. The fourth-order valence-corrected chi connectivity index (χ4v) is 2.50. The summed E-state index contributed by atoms with van der Waals surface area (Å²) in [4.78, 5) is 26.0. The van der Waals surface area contributed by atoms with Crippen LogP contribution in [0.25, 0.3) is 0 Å². The van der Waals surface area contributed by atoms with Gasteiger partial charge in [-0.2, -0.15) is 0 Å². The van der Waals surface area contributed by atoms with Crippen molar-refractivity contribution in [2.75, 3.05) is 25.5 Å². The number of anilines is 1. The number of nitrogens with one attached hydrogen (secondary N) is 1. The number of hydrogen-bond acceptors (Lipinski definition) is 3. The molecule has 1 N–H and O–H groups in total. The van der Waals surface area contributed by atoms with Crippen LogP contribution in [0.2, 0.25) is 0 Å². The number of carbonyl (C=O) groups excluding carboxylic acids is 2. The van der Waals surface area contributed by atoms with Crippen LogP contribution in [-0.2, 0) is 9.59 Å².